The first kappa shape index (κ1) is 17.6. The van der Waals surface area contributed by atoms with E-state index in [1.165, 1.54) is 7.05 Å². The van der Waals surface area contributed by atoms with Crippen LogP contribution in [0.15, 0.2) is 27.2 Å². The molecule has 2 aromatic rings. The molecule has 0 atom stereocenters. The standard InChI is InChI=1S/C10H9BrN2O2.C2H6.CH5N/c11-7-2-3-8-9(6-7)15-13-10(8)12-4-1-5-14;2*1-2/h2-3,5-6H,1,4H2,(H,12,13);1-2H3;2H2,1H3. The van der Waals surface area contributed by atoms with Crippen LogP contribution in [0.4, 0.5) is 5.82 Å². The highest BCUT2D eigenvalue weighted by Crippen LogP contribution is 2.25. The first-order valence-corrected chi connectivity index (χ1v) is 6.91. The Kier molecular flexibility index (Phi) is 9.74. The smallest absolute Gasteiger partial charge is 0.177 e. The van der Waals surface area contributed by atoms with Crippen molar-refractivity contribution in [1.82, 2.24) is 5.16 Å². The Bertz CT molecular complexity index is 486. The lowest BCUT2D eigenvalue weighted by atomic mass is 10.2. The van der Waals surface area contributed by atoms with Gasteiger partial charge in [0.1, 0.15) is 6.29 Å². The number of rotatable bonds is 4. The number of benzene rings is 1. The number of fused-ring (bicyclic) bond motifs is 1. The molecule has 0 saturated carbocycles. The molecule has 0 bridgehead atoms. The van der Waals surface area contributed by atoms with Gasteiger partial charge in [-0.1, -0.05) is 34.9 Å². The molecule has 5 nitrogen and oxygen atoms in total. The third-order valence-corrected chi connectivity index (χ3v) is 2.48. The number of anilines is 1. The molecule has 19 heavy (non-hydrogen) atoms. The number of hydrogen-bond acceptors (Lipinski definition) is 5. The van der Waals surface area contributed by atoms with Gasteiger partial charge in [0, 0.05) is 17.4 Å². The van der Waals surface area contributed by atoms with Crippen molar-refractivity contribution in [3.63, 3.8) is 0 Å². The maximum Gasteiger partial charge on any atom is 0.177 e. The zero-order valence-electron chi connectivity index (χ0n) is 11.4. The first-order valence-electron chi connectivity index (χ1n) is 6.11. The van der Waals surface area contributed by atoms with Gasteiger partial charge in [-0.15, -0.1) is 0 Å². The Morgan fingerprint density at radius 3 is 2.74 bits per heavy atom. The van der Waals surface area contributed by atoms with Crippen molar-refractivity contribution < 1.29 is 9.32 Å². The van der Waals surface area contributed by atoms with Crippen LogP contribution in [0, 0.1) is 0 Å². The van der Waals surface area contributed by atoms with Crippen LogP contribution < -0.4 is 11.1 Å². The first-order chi connectivity index (χ1) is 9.31. The van der Waals surface area contributed by atoms with Gasteiger partial charge >= 0.3 is 0 Å². The highest BCUT2D eigenvalue weighted by molar-refractivity contribution is 9.10. The molecule has 2 rings (SSSR count). The number of carbonyl (C=O) groups is 1. The second-order valence-corrected chi connectivity index (χ2v) is 3.97. The van der Waals surface area contributed by atoms with Crippen LogP contribution in [0.3, 0.4) is 0 Å². The molecular weight excluding hydrogens is 310 g/mol. The molecule has 0 amide bonds. The number of carbonyl (C=O) groups excluding carboxylic acids is 1. The molecule has 0 saturated heterocycles. The van der Waals surface area contributed by atoms with Crippen LogP contribution in [0.25, 0.3) is 11.0 Å². The van der Waals surface area contributed by atoms with Crippen LogP contribution in [0.1, 0.15) is 20.3 Å². The minimum atomic E-state index is 0.463. The SMILES string of the molecule is CC.CN.O=CCCNc1noc2cc(Br)ccc12. The van der Waals surface area contributed by atoms with E-state index >= 15 is 0 Å². The molecule has 3 N–H and O–H groups in total. The predicted octanol–water partition coefficient (Wildman–Crippen LogP) is 3.19. The Hall–Kier alpha value is -1.40. The number of aldehydes is 1. The molecule has 0 fully saturated rings. The summed E-state index contributed by atoms with van der Waals surface area (Å²) in [6, 6.07) is 5.69. The third kappa shape index (κ3) is 5.40. The fourth-order valence-electron chi connectivity index (χ4n) is 1.29. The predicted molar refractivity (Wildman–Crippen MR) is 82.3 cm³/mol. The molecule has 0 aliphatic rings. The third-order valence-electron chi connectivity index (χ3n) is 1.99. The average Bonchev–Trinajstić information content (AvgIpc) is 2.86. The minimum Gasteiger partial charge on any atom is -0.366 e. The van der Waals surface area contributed by atoms with E-state index in [0.29, 0.717) is 18.8 Å². The van der Waals surface area contributed by atoms with Crippen molar-refractivity contribution in [3.05, 3.63) is 22.7 Å². The summed E-state index contributed by atoms with van der Waals surface area (Å²) in [7, 11) is 1.50. The second-order valence-electron chi connectivity index (χ2n) is 3.05. The maximum absolute atomic E-state index is 10.2. The Labute approximate surface area is 121 Å². The molecule has 0 aliphatic carbocycles. The Morgan fingerprint density at radius 2 is 2.11 bits per heavy atom. The van der Waals surface area contributed by atoms with Crippen molar-refractivity contribution in [1.29, 1.82) is 0 Å². The van der Waals surface area contributed by atoms with Crippen LogP contribution in [-0.4, -0.2) is 25.0 Å². The van der Waals surface area contributed by atoms with Crippen molar-refractivity contribution in [2.45, 2.75) is 20.3 Å². The lowest BCUT2D eigenvalue weighted by Crippen LogP contribution is -2.01. The van der Waals surface area contributed by atoms with Gasteiger partial charge in [-0.2, -0.15) is 0 Å². The number of nitrogens with one attached hydrogen (secondary N) is 1. The van der Waals surface area contributed by atoms with E-state index in [1.807, 2.05) is 32.0 Å². The second kappa shape index (κ2) is 10.5. The lowest BCUT2D eigenvalue weighted by Gasteiger charge is -1.97. The van der Waals surface area contributed by atoms with E-state index in [2.05, 4.69) is 32.1 Å². The summed E-state index contributed by atoms with van der Waals surface area (Å²) in [5.74, 6) is 0.680. The zero-order chi connectivity index (χ0) is 14.7. The normalized spacial score (nSPS) is 8.89. The fourth-order valence-corrected chi connectivity index (χ4v) is 1.63. The molecule has 1 heterocycles. The molecule has 1 aromatic carbocycles. The topological polar surface area (TPSA) is 81.2 Å². The monoisotopic (exact) mass is 329 g/mol. The van der Waals surface area contributed by atoms with Gasteiger partial charge in [-0.3, -0.25) is 0 Å². The molecule has 0 spiro atoms. The van der Waals surface area contributed by atoms with Gasteiger partial charge in [0.05, 0.1) is 5.39 Å². The molecule has 0 radical (unpaired) electrons. The number of nitrogens with two attached hydrogens (primary N) is 1. The van der Waals surface area contributed by atoms with Gasteiger partial charge in [0.2, 0.25) is 0 Å². The van der Waals surface area contributed by atoms with E-state index in [4.69, 9.17) is 4.52 Å². The molecule has 0 aliphatic heterocycles. The van der Waals surface area contributed by atoms with Crippen LogP contribution >= 0.6 is 15.9 Å². The largest absolute Gasteiger partial charge is 0.366 e. The van der Waals surface area contributed by atoms with Gasteiger partial charge in [0.15, 0.2) is 11.4 Å². The highest BCUT2D eigenvalue weighted by Gasteiger charge is 2.06. The van der Waals surface area contributed by atoms with Crippen molar-refractivity contribution in [2.24, 2.45) is 5.73 Å². The number of halogens is 1. The van der Waals surface area contributed by atoms with E-state index < -0.39 is 0 Å². The lowest BCUT2D eigenvalue weighted by molar-refractivity contribution is -0.107. The molecule has 6 heteroatoms. The molecule has 1 aromatic heterocycles. The number of nitrogens with zero attached hydrogens (tertiary/aromatic N) is 1. The average molecular weight is 330 g/mol. The van der Waals surface area contributed by atoms with E-state index in [0.717, 1.165) is 21.7 Å². The van der Waals surface area contributed by atoms with Gasteiger partial charge < -0.3 is 20.4 Å². The van der Waals surface area contributed by atoms with E-state index in [-0.39, 0.29) is 0 Å². The van der Waals surface area contributed by atoms with Gasteiger partial charge in [-0.25, -0.2) is 0 Å². The zero-order valence-corrected chi connectivity index (χ0v) is 13.0. The van der Waals surface area contributed by atoms with Crippen LogP contribution in [-0.2, 0) is 4.79 Å². The summed E-state index contributed by atoms with van der Waals surface area (Å²) >= 11 is 3.35. The van der Waals surface area contributed by atoms with Crippen LogP contribution in [0.5, 0.6) is 0 Å². The summed E-state index contributed by atoms with van der Waals surface area (Å²) in [4.78, 5) is 10.2. The summed E-state index contributed by atoms with van der Waals surface area (Å²) in [6.45, 7) is 4.57. The summed E-state index contributed by atoms with van der Waals surface area (Å²) in [5.41, 5.74) is 5.22. The maximum atomic E-state index is 10.2. The van der Waals surface area contributed by atoms with Crippen molar-refractivity contribution in [2.75, 3.05) is 18.9 Å². The van der Waals surface area contributed by atoms with Gasteiger partial charge in [-0.05, 0) is 25.2 Å². The number of aromatic nitrogens is 1. The Morgan fingerprint density at radius 1 is 1.42 bits per heavy atom. The van der Waals surface area contributed by atoms with E-state index in [1.54, 1.807) is 0 Å². The van der Waals surface area contributed by atoms with Crippen LogP contribution in [0.2, 0.25) is 0 Å². The molecular formula is C13H20BrN3O2. The Balaban J connectivity index is 0.000000741. The summed E-state index contributed by atoms with van der Waals surface area (Å²) in [6.07, 6.45) is 1.33. The van der Waals surface area contributed by atoms with Crippen molar-refractivity contribution >= 4 is 39.0 Å². The molecule has 106 valence electrons. The van der Waals surface area contributed by atoms with Crippen molar-refractivity contribution in [3.8, 4) is 0 Å². The number of hydrogen-bond donors (Lipinski definition) is 2. The summed E-state index contributed by atoms with van der Waals surface area (Å²) < 4.78 is 6.08. The van der Waals surface area contributed by atoms with Gasteiger partial charge in [0.25, 0.3) is 0 Å². The highest BCUT2D eigenvalue weighted by atomic mass is 79.9. The molecule has 0 unspecified atom stereocenters. The summed E-state index contributed by atoms with van der Waals surface area (Å²) in [5, 5.41) is 7.84. The minimum absolute atomic E-state index is 0.463. The fraction of sp³-hybridized carbons (Fsp3) is 0.385. The quantitative estimate of drug-likeness (QED) is 0.665. The van der Waals surface area contributed by atoms with E-state index in [9.17, 15) is 4.79 Å².